The topological polar surface area (TPSA) is 38.0 Å². The first-order valence-electron chi connectivity index (χ1n) is 6.53. The van der Waals surface area contributed by atoms with Gasteiger partial charge in [-0.1, -0.05) is 29.8 Å². The Kier molecular flexibility index (Phi) is 2.92. The molecule has 18 heavy (non-hydrogen) atoms. The number of fused-ring (bicyclic) bond motifs is 1. The van der Waals surface area contributed by atoms with E-state index in [0.717, 1.165) is 30.7 Å². The van der Waals surface area contributed by atoms with Crippen molar-refractivity contribution in [2.45, 2.75) is 32.2 Å². The predicted octanol–water partition coefficient (Wildman–Crippen LogP) is 2.73. The van der Waals surface area contributed by atoms with Gasteiger partial charge >= 0.3 is 0 Å². The highest BCUT2D eigenvalue weighted by Gasteiger charge is 2.23. The van der Waals surface area contributed by atoms with Crippen molar-refractivity contribution in [1.82, 2.24) is 9.55 Å². The van der Waals surface area contributed by atoms with Crippen molar-refractivity contribution in [1.29, 1.82) is 0 Å². The van der Waals surface area contributed by atoms with Gasteiger partial charge in [-0.3, -0.25) is 0 Å². The van der Waals surface area contributed by atoms with Gasteiger partial charge in [-0.2, -0.15) is 0 Å². The predicted molar refractivity (Wildman–Crippen MR) is 71.5 cm³/mol. The highest BCUT2D eigenvalue weighted by molar-refractivity contribution is 5.57. The van der Waals surface area contributed by atoms with Gasteiger partial charge in [0.05, 0.1) is 12.6 Å². The van der Waals surface area contributed by atoms with E-state index in [4.69, 9.17) is 0 Å². The van der Waals surface area contributed by atoms with Crippen LogP contribution in [-0.2, 0) is 6.42 Å². The van der Waals surface area contributed by atoms with Gasteiger partial charge in [-0.15, -0.1) is 0 Å². The van der Waals surface area contributed by atoms with Crippen LogP contribution in [0.1, 0.15) is 30.1 Å². The molecule has 0 fully saturated rings. The lowest BCUT2D eigenvalue weighted by atomic mass is 10.0. The highest BCUT2D eigenvalue weighted by atomic mass is 16.3. The number of aromatic nitrogens is 2. The molecule has 3 nitrogen and oxygen atoms in total. The summed E-state index contributed by atoms with van der Waals surface area (Å²) in [6.45, 7) is 2.28. The molecule has 1 aromatic heterocycles. The van der Waals surface area contributed by atoms with E-state index in [1.165, 1.54) is 11.3 Å². The first kappa shape index (κ1) is 11.5. The van der Waals surface area contributed by atoms with Crippen LogP contribution in [0.25, 0.3) is 11.4 Å². The van der Waals surface area contributed by atoms with Crippen molar-refractivity contribution in [2.24, 2.45) is 0 Å². The number of benzene rings is 1. The number of aryl methyl sites for hydroxylation is 2. The molecule has 2 aromatic rings. The van der Waals surface area contributed by atoms with Crippen molar-refractivity contribution in [3.8, 4) is 11.4 Å². The molecule has 0 radical (unpaired) electrons. The van der Waals surface area contributed by atoms with Crippen LogP contribution in [0.3, 0.4) is 0 Å². The van der Waals surface area contributed by atoms with Gasteiger partial charge in [0.1, 0.15) is 5.82 Å². The summed E-state index contributed by atoms with van der Waals surface area (Å²) in [5, 5.41) is 9.52. The number of imidazole rings is 1. The van der Waals surface area contributed by atoms with Crippen LogP contribution in [0.15, 0.2) is 30.5 Å². The summed E-state index contributed by atoms with van der Waals surface area (Å²) in [6.07, 6.45) is 5.20. The number of hydrogen-bond acceptors (Lipinski definition) is 2. The molecular weight excluding hydrogens is 224 g/mol. The van der Waals surface area contributed by atoms with E-state index in [9.17, 15) is 5.11 Å². The fraction of sp³-hybridized carbons (Fsp3) is 0.400. The van der Waals surface area contributed by atoms with Crippen LogP contribution in [0.5, 0.6) is 0 Å². The van der Waals surface area contributed by atoms with E-state index in [1.807, 2.05) is 6.20 Å². The molecule has 1 unspecified atom stereocenters. The zero-order chi connectivity index (χ0) is 12.5. The van der Waals surface area contributed by atoms with Gasteiger partial charge in [0, 0.05) is 17.5 Å². The third-order valence-electron chi connectivity index (χ3n) is 3.73. The average molecular weight is 242 g/mol. The van der Waals surface area contributed by atoms with Gasteiger partial charge in [0.15, 0.2) is 0 Å². The zero-order valence-corrected chi connectivity index (χ0v) is 10.6. The van der Waals surface area contributed by atoms with Crippen LogP contribution in [-0.4, -0.2) is 21.3 Å². The Balaban J connectivity index is 2.08. The fourth-order valence-corrected chi connectivity index (χ4v) is 2.73. The largest absolute Gasteiger partial charge is 0.394 e. The van der Waals surface area contributed by atoms with Crippen LogP contribution in [0.2, 0.25) is 0 Å². The van der Waals surface area contributed by atoms with E-state index < -0.39 is 0 Å². The minimum Gasteiger partial charge on any atom is -0.394 e. The summed E-state index contributed by atoms with van der Waals surface area (Å²) in [6, 6.07) is 8.61. The molecule has 1 atom stereocenters. The Hall–Kier alpha value is -1.61. The van der Waals surface area contributed by atoms with E-state index in [0.29, 0.717) is 0 Å². The molecule has 3 heteroatoms. The summed E-state index contributed by atoms with van der Waals surface area (Å²) in [7, 11) is 0. The monoisotopic (exact) mass is 242 g/mol. The average Bonchev–Trinajstić information content (AvgIpc) is 2.83. The summed E-state index contributed by atoms with van der Waals surface area (Å²) in [5.74, 6) is 0.990. The molecule has 1 N–H and O–H groups in total. The first-order chi connectivity index (χ1) is 8.79. The smallest absolute Gasteiger partial charge is 0.140 e. The number of aliphatic hydroxyl groups is 1. The highest BCUT2D eigenvalue weighted by Crippen LogP contribution is 2.31. The fourth-order valence-electron chi connectivity index (χ4n) is 2.73. The van der Waals surface area contributed by atoms with Crippen LogP contribution >= 0.6 is 0 Å². The maximum Gasteiger partial charge on any atom is 0.140 e. The van der Waals surface area contributed by atoms with Crippen molar-refractivity contribution >= 4 is 0 Å². The van der Waals surface area contributed by atoms with Crippen molar-refractivity contribution in [2.75, 3.05) is 6.61 Å². The molecule has 1 aromatic carbocycles. The summed E-state index contributed by atoms with van der Waals surface area (Å²) < 4.78 is 2.22. The normalized spacial score (nSPS) is 18.7. The molecule has 94 valence electrons. The van der Waals surface area contributed by atoms with Gasteiger partial charge in [0.2, 0.25) is 0 Å². The molecule has 0 spiro atoms. The SMILES string of the molecule is Cc1ccc(-c2ncc3n2C(CO)CCC3)cc1. The lowest BCUT2D eigenvalue weighted by Gasteiger charge is -2.25. The van der Waals surface area contributed by atoms with Crippen LogP contribution in [0.4, 0.5) is 0 Å². The Labute approximate surface area is 107 Å². The van der Waals surface area contributed by atoms with Gasteiger partial charge in [-0.05, 0) is 26.2 Å². The third-order valence-corrected chi connectivity index (χ3v) is 3.73. The molecule has 1 aliphatic heterocycles. The maximum atomic E-state index is 9.52. The molecule has 3 rings (SSSR count). The standard InChI is InChI=1S/C15H18N2O/c1-11-5-7-12(8-6-11)15-16-9-13-3-2-4-14(10-18)17(13)15/h5-9,14,18H,2-4,10H2,1H3. The lowest BCUT2D eigenvalue weighted by Crippen LogP contribution is -2.21. The van der Waals surface area contributed by atoms with Crippen molar-refractivity contribution in [3.63, 3.8) is 0 Å². The third kappa shape index (κ3) is 1.85. The Morgan fingerprint density at radius 2 is 2.11 bits per heavy atom. The lowest BCUT2D eigenvalue weighted by molar-refractivity contribution is 0.208. The summed E-state index contributed by atoms with van der Waals surface area (Å²) in [4.78, 5) is 4.55. The second kappa shape index (κ2) is 4.58. The molecule has 1 aliphatic rings. The second-order valence-electron chi connectivity index (χ2n) is 5.04. The van der Waals surface area contributed by atoms with E-state index >= 15 is 0 Å². The van der Waals surface area contributed by atoms with Crippen LogP contribution in [0, 0.1) is 6.92 Å². The number of aliphatic hydroxyl groups excluding tert-OH is 1. The van der Waals surface area contributed by atoms with E-state index in [2.05, 4.69) is 40.7 Å². The van der Waals surface area contributed by atoms with E-state index in [-0.39, 0.29) is 12.6 Å². The van der Waals surface area contributed by atoms with Gasteiger partial charge in [-0.25, -0.2) is 4.98 Å². The Bertz CT molecular complexity index is 542. The first-order valence-corrected chi connectivity index (χ1v) is 6.53. The molecule has 2 heterocycles. The summed E-state index contributed by atoms with van der Waals surface area (Å²) in [5.41, 5.74) is 3.63. The minimum atomic E-state index is 0.188. The van der Waals surface area contributed by atoms with Crippen molar-refractivity contribution < 1.29 is 5.11 Å². The maximum absolute atomic E-state index is 9.52. The minimum absolute atomic E-state index is 0.188. The molecule has 0 saturated carbocycles. The van der Waals surface area contributed by atoms with E-state index in [1.54, 1.807) is 0 Å². The van der Waals surface area contributed by atoms with Crippen LogP contribution < -0.4 is 0 Å². The van der Waals surface area contributed by atoms with Gasteiger partial charge in [0.25, 0.3) is 0 Å². The second-order valence-corrected chi connectivity index (χ2v) is 5.04. The molecule has 0 amide bonds. The Morgan fingerprint density at radius 3 is 2.83 bits per heavy atom. The summed E-state index contributed by atoms with van der Waals surface area (Å²) >= 11 is 0. The quantitative estimate of drug-likeness (QED) is 0.879. The van der Waals surface area contributed by atoms with Gasteiger partial charge < -0.3 is 9.67 Å². The van der Waals surface area contributed by atoms with Crippen molar-refractivity contribution in [3.05, 3.63) is 41.7 Å². The number of nitrogens with zero attached hydrogens (tertiary/aromatic N) is 2. The number of rotatable bonds is 2. The molecule has 0 bridgehead atoms. The zero-order valence-electron chi connectivity index (χ0n) is 10.6. The molecule has 0 saturated heterocycles. The molecular formula is C15H18N2O. The molecule has 0 aliphatic carbocycles. The number of hydrogen-bond donors (Lipinski definition) is 1. The Morgan fingerprint density at radius 1 is 1.33 bits per heavy atom.